The Morgan fingerprint density at radius 3 is 1.69 bits per heavy atom. The minimum Gasteiger partial charge on any atom is -0.300 e. The third kappa shape index (κ3) is 6.87. The first-order valence-corrected chi connectivity index (χ1v) is 3.76. The molecule has 1 rings (SSSR count). The molecule has 0 saturated carbocycles. The largest absolute Gasteiger partial charge is 0.332 e. The Morgan fingerprint density at radius 2 is 1.46 bits per heavy atom. The van der Waals surface area contributed by atoms with Crippen LogP contribution in [0.3, 0.4) is 0 Å². The maximum atomic E-state index is 11.8. The molecule has 1 aromatic rings. The average molecular weight is 182 g/mol. The van der Waals surface area contributed by atoms with E-state index < -0.39 is 6.04 Å². The van der Waals surface area contributed by atoms with Gasteiger partial charge in [-0.1, -0.05) is 18.2 Å². The predicted octanol–water partition coefficient (Wildman–Crippen LogP) is 2.39. The molecular formula is C10H11FO2. The summed E-state index contributed by atoms with van der Waals surface area (Å²) in [5.74, 6) is 0.167. The van der Waals surface area contributed by atoms with E-state index in [1.807, 2.05) is 0 Å². The Hall–Kier alpha value is -1.51. The molecule has 0 amide bonds. The van der Waals surface area contributed by atoms with Crippen molar-refractivity contribution in [2.75, 3.05) is 0 Å². The van der Waals surface area contributed by atoms with Crippen molar-refractivity contribution >= 4 is 11.8 Å². The van der Waals surface area contributed by atoms with Gasteiger partial charge in [-0.2, -0.15) is 4.39 Å². The molecule has 0 aliphatic heterocycles. The number of halogens is 1. The number of benzene rings is 1. The molecule has 13 heavy (non-hydrogen) atoms. The Morgan fingerprint density at radius 1 is 1.08 bits per heavy atom. The van der Waals surface area contributed by atoms with E-state index in [1.165, 1.54) is 26.0 Å². The van der Waals surface area contributed by atoms with Crippen LogP contribution in [0.2, 0.25) is 0 Å². The molecular weight excluding hydrogens is 171 g/mol. The number of rotatable bonds is 1. The number of Topliss-reactive ketones (excluding diaryl/α,β-unsaturated/α-hetero) is 1. The molecule has 0 fully saturated rings. The summed E-state index contributed by atoms with van der Waals surface area (Å²) in [7, 11) is 0. The first-order valence-electron chi connectivity index (χ1n) is 3.76. The zero-order chi connectivity index (χ0) is 10.3. The van der Waals surface area contributed by atoms with Gasteiger partial charge in [-0.3, -0.25) is 4.79 Å². The van der Waals surface area contributed by atoms with Gasteiger partial charge in [0, 0.05) is 0 Å². The molecule has 0 aliphatic rings. The van der Waals surface area contributed by atoms with E-state index in [1.54, 1.807) is 18.2 Å². The molecule has 70 valence electrons. The Balaban J connectivity index is 0.000000310. The Kier molecular flexibility index (Phi) is 5.35. The van der Waals surface area contributed by atoms with Crippen molar-refractivity contribution in [2.45, 2.75) is 13.8 Å². The number of carbonyl (C=O) groups is 2. The zero-order valence-corrected chi connectivity index (χ0v) is 7.58. The highest BCUT2D eigenvalue weighted by atomic mass is 19.1. The zero-order valence-electron chi connectivity index (χ0n) is 7.58. The molecule has 0 bridgehead atoms. The van der Waals surface area contributed by atoms with Crippen LogP contribution in [0.25, 0.3) is 0 Å². The van der Waals surface area contributed by atoms with Gasteiger partial charge in [-0.15, -0.1) is 0 Å². The van der Waals surface area contributed by atoms with E-state index in [2.05, 4.69) is 0 Å². The van der Waals surface area contributed by atoms with Gasteiger partial charge in [0.15, 0.2) is 0 Å². The second-order valence-corrected chi connectivity index (χ2v) is 2.55. The monoisotopic (exact) mass is 182 g/mol. The highest BCUT2D eigenvalue weighted by Crippen LogP contribution is 1.98. The standard InChI is InChI=1S/C7H5FO.C3H6O/c8-7(9)6-4-2-1-3-5-6;1-3(2)4/h1-5H;1-2H3. The summed E-state index contributed by atoms with van der Waals surface area (Å²) in [6.45, 7) is 3.06. The number of hydrogen-bond donors (Lipinski definition) is 0. The number of carbonyl (C=O) groups excluding carboxylic acids is 2. The molecule has 0 unspecified atom stereocenters. The topological polar surface area (TPSA) is 34.1 Å². The fourth-order valence-electron chi connectivity index (χ4n) is 0.569. The van der Waals surface area contributed by atoms with Gasteiger partial charge in [0.05, 0.1) is 5.56 Å². The summed E-state index contributed by atoms with van der Waals surface area (Å²) in [6, 6.07) is 6.45. The highest BCUT2D eigenvalue weighted by molar-refractivity contribution is 5.88. The van der Waals surface area contributed by atoms with Gasteiger partial charge in [-0.25, -0.2) is 0 Å². The lowest BCUT2D eigenvalue weighted by molar-refractivity contribution is -0.114. The summed E-state index contributed by atoms with van der Waals surface area (Å²) in [5.41, 5.74) is 0.109. The SMILES string of the molecule is CC(C)=O.O=C(F)c1ccccc1. The maximum Gasteiger partial charge on any atom is 0.332 e. The highest BCUT2D eigenvalue weighted by Gasteiger charge is 1.98. The molecule has 1 aromatic carbocycles. The van der Waals surface area contributed by atoms with E-state index in [-0.39, 0.29) is 11.3 Å². The Bertz CT molecular complexity index is 276. The smallest absolute Gasteiger partial charge is 0.300 e. The van der Waals surface area contributed by atoms with Crippen LogP contribution in [0.4, 0.5) is 4.39 Å². The lowest BCUT2D eigenvalue weighted by Gasteiger charge is -1.86. The van der Waals surface area contributed by atoms with Crippen molar-refractivity contribution in [3.63, 3.8) is 0 Å². The Labute approximate surface area is 76.4 Å². The molecule has 0 aromatic heterocycles. The van der Waals surface area contributed by atoms with E-state index in [0.29, 0.717) is 0 Å². The van der Waals surface area contributed by atoms with Crippen LogP contribution in [0, 0.1) is 0 Å². The maximum absolute atomic E-state index is 11.8. The molecule has 3 heteroatoms. The normalized spacial score (nSPS) is 8.23. The van der Waals surface area contributed by atoms with Gasteiger partial charge in [-0.05, 0) is 26.0 Å². The van der Waals surface area contributed by atoms with Gasteiger partial charge >= 0.3 is 6.04 Å². The number of ketones is 1. The second kappa shape index (κ2) is 6.06. The van der Waals surface area contributed by atoms with Crippen LogP contribution >= 0.6 is 0 Å². The van der Waals surface area contributed by atoms with Crippen molar-refractivity contribution in [1.29, 1.82) is 0 Å². The molecule has 2 nitrogen and oxygen atoms in total. The molecule has 0 spiro atoms. The molecule has 0 N–H and O–H groups in total. The average Bonchev–Trinajstić information content (AvgIpc) is 2.05. The van der Waals surface area contributed by atoms with Gasteiger partial charge < -0.3 is 4.79 Å². The first kappa shape index (κ1) is 11.5. The van der Waals surface area contributed by atoms with Crippen molar-refractivity contribution in [3.05, 3.63) is 35.9 Å². The van der Waals surface area contributed by atoms with Crippen LogP contribution in [0.1, 0.15) is 24.2 Å². The second-order valence-electron chi connectivity index (χ2n) is 2.55. The predicted molar refractivity (Wildman–Crippen MR) is 48.2 cm³/mol. The van der Waals surface area contributed by atoms with E-state index in [9.17, 15) is 14.0 Å². The number of hydrogen-bond acceptors (Lipinski definition) is 2. The first-order chi connectivity index (χ1) is 6.04. The van der Waals surface area contributed by atoms with Crippen molar-refractivity contribution in [3.8, 4) is 0 Å². The minimum atomic E-state index is -1.38. The summed E-state index contributed by atoms with van der Waals surface area (Å²) in [4.78, 5) is 19.4. The van der Waals surface area contributed by atoms with Gasteiger partial charge in [0.2, 0.25) is 0 Å². The lowest BCUT2D eigenvalue weighted by atomic mass is 10.2. The lowest BCUT2D eigenvalue weighted by Crippen LogP contribution is -1.86. The van der Waals surface area contributed by atoms with Crippen molar-refractivity contribution in [1.82, 2.24) is 0 Å². The fourth-order valence-corrected chi connectivity index (χ4v) is 0.569. The third-order valence-corrected chi connectivity index (χ3v) is 1.00. The van der Waals surface area contributed by atoms with Gasteiger partial charge in [0.1, 0.15) is 5.78 Å². The van der Waals surface area contributed by atoms with E-state index in [4.69, 9.17) is 0 Å². The third-order valence-electron chi connectivity index (χ3n) is 1.00. The fraction of sp³-hybridized carbons (Fsp3) is 0.200. The van der Waals surface area contributed by atoms with Crippen LogP contribution in [0.5, 0.6) is 0 Å². The molecule has 0 atom stereocenters. The van der Waals surface area contributed by atoms with Crippen LogP contribution in [-0.2, 0) is 4.79 Å². The van der Waals surface area contributed by atoms with E-state index >= 15 is 0 Å². The van der Waals surface area contributed by atoms with Crippen molar-refractivity contribution < 1.29 is 14.0 Å². The summed E-state index contributed by atoms with van der Waals surface area (Å²) in [6.07, 6.45) is 0. The van der Waals surface area contributed by atoms with Crippen LogP contribution < -0.4 is 0 Å². The molecule has 0 saturated heterocycles. The van der Waals surface area contributed by atoms with Gasteiger partial charge in [0.25, 0.3) is 0 Å². The summed E-state index contributed by atoms with van der Waals surface area (Å²) < 4.78 is 11.8. The molecule has 0 aliphatic carbocycles. The minimum absolute atomic E-state index is 0.109. The van der Waals surface area contributed by atoms with Crippen molar-refractivity contribution in [2.24, 2.45) is 0 Å². The quantitative estimate of drug-likeness (QED) is 0.625. The summed E-state index contributed by atoms with van der Waals surface area (Å²) in [5, 5.41) is 0. The molecule has 0 radical (unpaired) electrons. The van der Waals surface area contributed by atoms with E-state index in [0.717, 1.165) is 0 Å². The summed E-state index contributed by atoms with van der Waals surface area (Å²) >= 11 is 0. The van der Waals surface area contributed by atoms with Crippen LogP contribution in [-0.4, -0.2) is 11.8 Å². The van der Waals surface area contributed by atoms with Crippen LogP contribution in [0.15, 0.2) is 30.3 Å². The molecule has 0 heterocycles.